The van der Waals surface area contributed by atoms with Crippen molar-refractivity contribution >= 4 is 17.4 Å². The number of Topliss-reactive ketones (excluding diaryl/α,β-unsaturated/α-hetero) is 1. The second kappa shape index (κ2) is 9.27. The van der Waals surface area contributed by atoms with Crippen LogP contribution < -0.4 is 5.73 Å². The van der Waals surface area contributed by atoms with Gasteiger partial charge in [-0.1, -0.05) is 60.7 Å². The summed E-state index contributed by atoms with van der Waals surface area (Å²) in [6, 6.07) is 20.7. The summed E-state index contributed by atoms with van der Waals surface area (Å²) in [5, 5.41) is 12.1. The lowest BCUT2D eigenvalue weighted by atomic mass is 9.91. The third-order valence-electron chi connectivity index (χ3n) is 5.32. The number of nitro benzene ring substituents is 1. The topological polar surface area (TPSA) is 121 Å². The molecule has 1 heterocycles. The number of ketones is 1. The van der Waals surface area contributed by atoms with Gasteiger partial charge in [-0.3, -0.25) is 19.7 Å². The Labute approximate surface area is 189 Å². The first-order valence-corrected chi connectivity index (χ1v) is 10.2. The summed E-state index contributed by atoms with van der Waals surface area (Å²) >= 11 is 0. The highest BCUT2D eigenvalue weighted by Crippen LogP contribution is 2.37. The van der Waals surface area contributed by atoms with Crippen LogP contribution in [0.15, 0.2) is 91.5 Å². The molecule has 3 aromatic carbocycles. The van der Waals surface area contributed by atoms with Gasteiger partial charge in [-0.2, -0.15) is 0 Å². The second-order valence-corrected chi connectivity index (χ2v) is 7.47. The molecule has 4 aromatic rings. The van der Waals surface area contributed by atoms with Gasteiger partial charge in [0.1, 0.15) is 0 Å². The highest BCUT2D eigenvalue weighted by Gasteiger charge is 2.24. The lowest BCUT2D eigenvalue weighted by molar-refractivity contribution is -0.384. The largest absolute Gasteiger partial charge is 0.369 e. The minimum absolute atomic E-state index is 0.145. The summed E-state index contributed by atoms with van der Waals surface area (Å²) in [5.41, 5.74) is 7.53. The van der Waals surface area contributed by atoms with Crippen molar-refractivity contribution in [2.45, 2.75) is 12.5 Å². The van der Waals surface area contributed by atoms with E-state index >= 15 is 0 Å². The highest BCUT2D eigenvalue weighted by atomic mass is 16.6. The van der Waals surface area contributed by atoms with E-state index in [0.717, 1.165) is 5.56 Å². The summed E-state index contributed by atoms with van der Waals surface area (Å²) in [6.45, 7) is 0. The molecule has 0 bridgehead atoms. The maximum atomic E-state index is 12.6. The molecule has 0 radical (unpaired) electrons. The van der Waals surface area contributed by atoms with E-state index in [1.54, 1.807) is 49.1 Å². The Bertz CT molecular complexity index is 1320. The monoisotopic (exact) mass is 440 g/mol. The molecule has 8 nitrogen and oxygen atoms in total. The number of nitrogens with zero attached hydrogens (tertiary/aromatic N) is 3. The van der Waals surface area contributed by atoms with Gasteiger partial charge >= 0.3 is 0 Å². The molecule has 0 saturated heterocycles. The number of nitro groups is 1. The van der Waals surface area contributed by atoms with Crippen molar-refractivity contribution in [1.82, 2.24) is 9.55 Å². The molecule has 0 aliphatic heterocycles. The molecule has 1 unspecified atom stereocenters. The quantitative estimate of drug-likeness (QED) is 0.191. The van der Waals surface area contributed by atoms with Gasteiger partial charge in [-0.05, 0) is 22.8 Å². The number of imidazole rings is 1. The Morgan fingerprint density at radius 3 is 2.36 bits per heavy atom. The summed E-state index contributed by atoms with van der Waals surface area (Å²) < 4.78 is 1.87. The normalized spacial score (nSPS) is 11.6. The smallest absolute Gasteiger partial charge is 0.277 e. The maximum absolute atomic E-state index is 12.6. The van der Waals surface area contributed by atoms with Gasteiger partial charge in [-0.15, -0.1) is 0 Å². The van der Waals surface area contributed by atoms with Crippen molar-refractivity contribution in [3.8, 4) is 11.1 Å². The van der Waals surface area contributed by atoms with E-state index < -0.39 is 23.0 Å². The van der Waals surface area contributed by atoms with Crippen LogP contribution in [0.25, 0.3) is 11.1 Å². The predicted octanol–water partition coefficient (Wildman–Crippen LogP) is 4.15. The van der Waals surface area contributed by atoms with Crippen molar-refractivity contribution in [1.29, 1.82) is 0 Å². The number of carbonyl (C=O) groups is 2. The van der Waals surface area contributed by atoms with Crippen molar-refractivity contribution in [2.75, 3.05) is 0 Å². The van der Waals surface area contributed by atoms with Crippen molar-refractivity contribution < 1.29 is 14.5 Å². The molecule has 1 aromatic heterocycles. The first kappa shape index (κ1) is 21.6. The third-order valence-corrected chi connectivity index (χ3v) is 5.32. The average Bonchev–Trinajstić information content (AvgIpc) is 3.34. The van der Waals surface area contributed by atoms with Crippen molar-refractivity contribution in [2.24, 2.45) is 5.73 Å². The Morgan fingerprint density at radius 1 is 0.970 bits per heavy atom. The molecule has 164 valence electrons. The number of rotatable bonds is 8. The number of aromatic nitrogens is 2. The van der Waals surface area contributed by atoms with E-state index in [1.165, 1.54) is 12.1 Å². The van der Waals surface area contributed by atoms with Crippen LogP contribution in [0.5, 0.6) is 0 Å². The zero-order valence-electron chi connectivity index (χ0n) is 17.5. The number of carbonyl (C=O) groups excluding carboxylic acids is 2. The zero-order chi connectivity index (χ0) is 23.4. The van der Waals surface area contributed by atoms with Crippen LogP contribution in [0, 0.1) is 10.1 Å². The highest BCUT2D eigenvalue weighted by molar-refractivity contribution is 6.10. The van der Waals surface area contributed by atoms with Crippen LogP contribution in [0.1, 0.15) is 33.9 Å². The number of primary amides is 1. The molecule has 4 rings (SSSR count). The fourth-order valence-electron chi connectivity index (χ4n) is 3.91. The Balaban J connectivity index is 1.86. The van der Waals surface area contributed by atoms with Crippen molar-refractivity contribution in [3.63, 3.8) is 0 Å². The molecule has 2 N–H and O–H groups in total. The van der Waals surface area contributed by atoms with E-state index in [9.17, 15) is 19.7 Å². The predicted molar refractivity (Wildman–Crippen MR) is 123 cm³/mol. The molecule has 33 heavy (non-hydrogen) atoms. The Morgan fingerprint density at radius 2 is 1.70 bits per heavy atom. The molecule has 1 atom stereocenters. The van der Waals surface area contributed by atoms with Crippen LogP contribution in [0.2, 0.25) is 0 Å². The van der Waals surface area contributed by atoms with Gasteiger partial charge < -0.3 is 10.3 Å². The van der Waals surface area contributed by atoms with Gasteiger partial charge in [0.2, 0.25) is 5.91 Å². The number of amides is 1. The molecule has 0 saturated carbocycles. The summed E-state index contributed by atoms with van der Waals surface area (Å²) in [4.78, 5) is 39.6. The van der Waals surface area contributed by atoms with Crippen molar-refractivity contribution in [3.05, 3.63) is 118 Å². The second-order valence-electron chi connectivity index (χ2n) is 7.47. The average molecular weight is 440 g/mol. The fourth-order valence-corrected chi connectivity index (χ4v) is 3.91. The minimum atomic E-state index is -0.759. The third kappa shape index (κ3) is 4.54. The summed E-state index contributed by atoms with van der Waals surface area (Å²) in [5.74, 6) is -1.25. The first-order chi connectivity index (χ1) is 16.0. The van der Waals surface area contributed by atoms with Crippen LogP contribution in [0.4, 0.5) is 5.69 Å². The molecule has 0 spiro atoms. The van der Waals surface area contributed by atoms with Gasteiger partial charge in [-0.25, -0.2) is 4.98 Å². The SMILES string of the molecule is NC(=O)CC(=O)c1ccccc1-c1ccc(C(c2ccccc2)n2ccnc2)cc1[N+](=O)[O-]. The molecule has 0 aliphatic rings. The Kier molecular flexibility index (Phi) is 6.08. The number of hydrogen-bond acceptors (Lipinski definition) is 5. The van der Waals surface area contributed by atoms with E-state index in [-0.39, 0.29) is 22.9 Å². The van der Waals surface area contributed by atoms with Crippen LogP contribution in [-0.4, -0.2) is 26.2 Å². The van der Waals surface area contributed by atoms with Gasteiger partial charge in [0, 0.05) is 24.0 Å². The number of hydrogen-bond donors (Lipinski definition) is 1. The molecule has 1 amide bonds. The van der Waals surface area contributed by atoms with Gasteiger partial charge in [0.15, 0.2) is 5.78 Å². The zero-order valence-corrected chi connectivity index (χ0v) is 17.5. The van der Waals surface area contributed by atoms with Gasteiger partial charge in [0.05, 0.1) is 29.3 Å². The summed E-state index contributed by atoms with van der Waals surface area (Å²) in [6.07, 6.45) is 4.64. The van der Waals surface area contributed by atoms with Gasteiger partial charge in [0.25, 0.3) is 5.69 Å². The number of benzene rings is 3. The van der Waals surface area contributed by atoms with E-state index in [1.807, 2.05) is 34.9 Å². The lowest BCUT2D eigenvalue weighted by Gasteiger charge is -2.20. The number of nitrogens with two attached hydrogens (primary N) is 1. The molecule has 8 heteroatoms. The first-order valence-electron chi connectivity index (χ1n) is 10.2. The molecular weight excluding hydrogens is 420 g/mol. The van der Waals surface area contributed by atoms with Crippen LogP contribution in [0.3, 0.4) is 0 Å². The van der Waals surface area contributed by atoms with Crippen LogP contribution in [-0.2, 0) is 4.79 Å². The fraction of sp³-hybridized carbons (Fsp3) is 0.0800. The molecular formula is C25H20N4O4. The van der Waals surface area contributed by atoms with E-state index in [2.05, 4.69) is 4.98 Å². The maximum Gasteiger partial charge on any atom is 0.277 e. The van der Waals surface area contributed by atoms with E-state index in [4.69, 9.17) is 5.73 Å². The molecule has 0 aliphatic carbocycles. The standard InChI is InChI=1S/C25H20N4O4/c26-24(31)15-23(30)21-9-5-4-8-19(21)20-11-10-18(14-22(20)29(32)33)25(28-13-12-27-16-28)17-6-2-1-3-7-17/h1-14,16,25H,15H2,(H2,26,31). The lowest BCUT2D eigenvalue weighted by Crippen LogP contribution is -2.17. The summed E-state index contributed by atoms with van der Waals surface area (Å²) in [7, 11) is 0. The Hall–Kier alpha value is -4.59. The molecule has 0 fully saturated rings. The van der Waals surface area contributed by atoms with E-state index in [0.29, 0.717) is 11.1 Å². The minimum Gasteiger partial charge on any atom is -0.369 e. The van der Waals surface area contributed by atoms with Crippen LogP contribution >= 0.6 is 0 Å².